The van der Waals surface area contributed by atoms with Gasteiger partial charge in [-0.3, -0.25) is 0 Å². The molecule has 0 aromatic heterocycles. The standard InChI is InChI=1S/C22H14N2O2/c23-13-17-4-3-6-19(12-17)22(25)26-15-16-8-10-18(11-9-16)21-7-2-1-5-20(21)14-24/h1-12H,15H2. The zero-order chi connectivity index (χ0) is 18.4. The molecule has 0 unspecified atom stereocenters. The van der Waals surface area contributed by atoms with Crippen molar-refractivity contribution in [2.24, 2.45) is 0 Å². The van der Waals surface area contributed by atoms with E-state index in [-0.39, 0.29) is 6.61 Å². The molecule has 0 radical (unpaired) electrons. The van der Waals surface area contributed by atoms with Gasteiger partial charge in [-0.1, -0.05) is 48.5 Å². The maximum absolute atomic E-state index is 12.1. The summed E-state index contributed by atoms with van der Waals surface area (Å²) in [5.41, 5.74) is 4.02. The predicted molar refractivity (Wildman–Crippen MR) is 96.9 cm³/mol. The first-order valence-electron chi connectivity index (χ1n) is 7.97. The summed E-state index contributed by atoms with van der Waals surface area (Å²) in [5, 5.41) is 18.1. The average Bonchev–Trinajstić information content (AvgIpc) is 2.72. The summed E-state index contributed by atoms with van der Waals surface area (Å²) >= 11 is 0. The Morgan fingerprint density at radius 1 is 0.885 bits per heavy atom. The summed E-state index contributed by atoms with van der Waals surface area (Å²) in [7, 11) is 0. The Hall–Kier alpha value is -3.89. The molecule has 0 aliphatic carbocycles. The van der Waals surface area contributed by atoms with E-state index in [2.05, 4.69) is 6.07 Å². The summed E-state index contributed by atoms with van der Waals surface area (Å²) in [4.78, 5) is 12.1. The van der Waals surface area contributed by atoms with Crippen LogP contribution in [0.3, 0.4) is 0 Å². The number of carbonyl (C=O) groups is 1. The van der Waals surface area contributed by atoms with Crippen LogP contribution in [0.4, 0.5) is 0 Å². The second-order valence-electron chi connectivity index (χ2n) is 5.62. The number of nitrogens with zero attached hydrogens (tertiary/aromatic N) is 2. The van der Waals surface area contributed by atoms with Crippen LogP contribution in [0, 0.1) is 22.7 Å². The topological polar surface area (TPSA) is 73.9 Å². The molecule has 0 aliphatic heterocycles. The highest BCUT2D eigenvalue weighted by atomic mass is 16.5. The minimum absolute atomic E-state index is 0.135. The van der Waals surface area contributed by atoms with Crippen LogP contribution in [0.5, 0.6) is 0 Å². The first-order valence-corrected chi connectivity index (χ1v) is 7.97. The zero-order valence-electron chi connectivity index (χ0n) is 13.8. The van der Waals surface area contributed by atoms with Gasteiger partial charge in [0.2, 0.25) is 0 Å². The van der Waals surface area contributed by atoms with Crippen LogP contribution in [0.2, 0.25) is 0 Å². The summed E-state index contributed by atoms with van der Waals surface area (Å²) in [5.74, 6) is -0.471. The highest BCUT2D eigenvalue weighted by molar-refractivity contribution is 5.89. The molecule has 0 saturated heterocycles. The first kappa shape index (κ1) is 17.0. The zero-order valence-corrected chi connectivity index (χ0v) is 13.8. The molecular weight excluding hydrogens is 324 g/mol. The van der Waals surface area contributed by atoms with Gasteiger partial charge in [0.15, 0.2) is 0 Å². The first-order chi connectivity index (χ1) is 12.7. The van der Waals surface area contributed by atoms with E-state index in [1.807, 2.05) is 48.5 Å². The molecule has 0 N–H and O–H groups in total. The Labute approximate surface area is 151 Å². The molecule has 4 nitrogen and oxygen atoms in total. The molecule has 0 atom stereocenters. The molecular formula is C22H14N2O2. The molecule has 26 heavy (non-hydrogen) atoms. The van der Waals surface area contributed by atoms with Gasteiger partial charge in [0.05, 0.1) is 28.8 Å². The number of hydrogen-bond donors (Lipinski definition) is 0. The lowest BCUT2D eigenvalue weighted by atomic mass is 9.99. The number of benzene rings is 3. The summed E-state index contributed by atoms with van der Waals surface area (Å²) in [6.45, 7) is 0.135. The molecule has 3 aromatic rings. The molecule has 0 fully saturated rings. The number of hydrogen-bond acceptors (Lipinski definition) is 4. The van der Waals surface area contributed by atoms with Crippen molar-refractivity contribution in [2.45, 2.75) is 6.61 Å². The van der Waals surface area contributed by atoms with Crippen LogP contribution in [-0.4, -0.2) is 5.97 Å². The van der Waals surface area contributed by atoms with Gasteiger partial charge < -0.3 is 4.74 Å². The highest BCUT2D eigenvalue weighted by Crippen LogP contribution is 2.23. The lowest BCUT2D eigenvalue weighted by Crippen LogP contribution is -2.05. The second-order valence-corrected chi connectivity index (χ2v) is 5.62. The summed E-state index contributed by atoms with van der Waals surface area (Å²) in [6, 6.07) is 25.5. The Kier molecular flexibility index (Phi) is 5.08. The van der Waals surface area contributed by atoms with E-state index in [9.17, 15) is 10.1 Å². The molecule has 0 bridgehead atoms. The Morgan fingerprint density at radius 3 is 2.38 bits per heavy atom. The number of esters is 1. The number of nitriles is 2. The monoisotopic (exact) mass is 338 g/mol. The molecule has 4 heteroatoms. The maximum Gasteiger partial charge on any atom is 0.338 e. The van der Waals surface area contributed by atoms with Gasteiger partial charge in [-0.15, -0.1) is 0 Å². The fourth-order valence-corrected chi connectivity index (χ4v) is 2.56. The van der Waals surface area contributed by atoms with E-state index in [1.165, 1.54) is 6.07 Å². The lowest BCUT2D eigenvalue weighted by molar-refractivity contribution is 0.0472. The molecule has 0 saturated carbocycles. The van der Waals surface area contributed by atoms with E-state index in [4.69, 9.17) is 10.00 Å². The Bertz CT molecular complexity index is 1020. The summed E-state index contributed by atoms with van der Waals surface area (Å²) < 4.78 is 5.30. The van der Waals surface area contributed by atoms with E-state index in [0.29, 0.717) is 16.7 Å². The van der Waals surface area contributed by atoms with Crippen molar-refractivity contribution in [3.8, 4) is 23.3 Å². The van der Waals surface area contributed by atoms with Crippen LogP contribution in [0.1, 0.15) is 27.0 Å². The van der Waals surface area contributed by atoms with Crippen molar-refractivity contribution in [1.82, 2.24) is 0 Å². The smallest absolute Gasteiger partial charge is 0.338 e. The van der Waals surface area contributed by atoms with Gasteiger partial charge in [0.25, 0.3) is 0 Å². The number of ether oxygens (including phenoxy) is 1. The van der Waals surface area contributed by atoms with Gasteiger partial charge in [-0.25, -0.2) is 4.79 Å². The second kappa shape index (κ2) is 7.79. The third-order valence-corrected chi connectivity index (χ3v) is 3.91. The average molecular weight is 338 g/mol. The summed E-state index contributed by atoms with van der Waals surface area (Å²) in [6.07, 6.45) is 0. The van der Waals surface area contributed by atoms with Crippen LogP contribution in [0.15, 0.2) is 72.8 Å². The van der Waals surface area contributed by atoms with Gasteiger partial charge in [0.1, 0.15) is 6.61 Å². The molecule has 0 amide bonds. The van der Waals surface area contributed by atoms with Crippen LogP contribution in [0.25, 0.3) is 11.1 Å². The molecule has 3 aromatic carbocycles. The fraction of sp³-hybridized carbons (Fsp3) is 0.0455. The maximum atomic E-state index is 12.1. The highest BCUT2D eigenvalue weighted by Gasteiger charge is 2.09. The normalized spacial score (nSPS) is 9.77. The SMILES string of the molecule is N#Cc1cccc(C(=O)OCc2ccc(-c3ccccc3C#N)cc2)c1. The van der Waals surface area contributed by atoms with Crippen LogP contribution >= 0.6 is 0 Å². The number of rotatable bonds is 4. The van der Waals surface area contributed by atoms with Crippen molar-refractivity contribution < 1.29 is 9.53 Å². The predicted octanol–water partition coefficient (Wildman–Crippen LogP) is 4.45. The molecule has 0 aliphatic rings. The quantitative estimate of drug-likeness (QED) is 0.659. The van der Waals surface area contributed by atoms with Crippen molar-refractivity contribution in [3.63, 3.8) is 0 Å². The van der Waals surface area contributed by atoms with Gasteiger partial charge >= 0.3 is 5.97 Å². The Morgan fingerprint density at radius 2 is 1.65 bits per heavy atom. The van der Waals surface area contributed by atoms with Gasteiger partial charge in [-0.2, -0.15) is 10.5 Å². The van der Waals surface area contributed by atoms with Crippen LogP contribution < -0.4 is 0 Å². The van der Waals surface area contributed by atoms with Crippen LogP contribution in [-0.2, 0) is 11.3 Å². The van der Waals surface area contributed by atoms with Gasteiger partial charge in [0, 0.05) is 0 Å². The molecule has 3 rings (SSSR count). The molecule has 124 valence electrons. The third-order valence-electron chi connectivity index (χ3n) is 3.91. The lowest BCUT2D eigenvalue weighted by Gasteiger charge is -2.07. The van der Waals surface area contributed by atoms with Crippen molar-refractivity contribution >= 4 is 5.97 Å². The Balaban J connectivity index is 1.69. The molecule has 0 heterocycles. The van der Waals surface area contributed by atoms with E-state index in [1.54, 1.807) is 24.3 Å². The van der Waals surface area contributed by atoms with E-state index >= 15 is 0 Å². The van der Waals surface area contributed by atoms with Gasteiger partial charge in [-0.05, 0) is 41.0 Å². The minimum atomic E-state index is -0.471. The van der Waals surface area contributed by atoms with E-state index < -0.39 is 5.97 Å². The van der Waals surface area contributed by atoms with E-state index in [0.717, 1.165) is 16.7 Å². The third kappa shape index (κ3) is 3.77. The van der Waals surface area contributed by atoms with Crippen molar-refractivity contribution in [2.75, 3.05) is 0 Å². The molecule has 0 spiro atoms. The fourth-order valence-electron chi connectivity index (χ4n) is 2.56. The minimum Gasteiger partial charge on any atom is -0.457 e. The largest absolute Gasteiger partial charge is 0.457 e. The van der Waals surface area contributed by atoms with Crippen molar-refractivity contribution in [1.29, 1.82) is 10.5 Å². The number of carbonyl (C=O) groups excluding carboxylic acids is 1. The van der Waals surface area contributed by atoms with Crippen molar-refractivity contribution in [3.05, 3.63) is 95.1 Å².